The van der Waals surface area contributed by atoms with Gasteiger partial charge < -0.3 is 14.6 Å². The van der Waals surface area contributed by atoms with Gasteiger partial charge in [0.2, 0.25) is 5.91 Å². The van der Waals surface area contributed by atoms with Crippen molar-refractivity contribution in [3.05, 3.63) is 45.8 Å². The van der Waals surface area contributed by atoms with Crippen LogP contribution in [0.4, 0.5) is 5.69 Å². The molecule has 1 aromatic heterocycles. The summed E-state index contributed by atoms with van der Waals surface area (Å²) < 4.78 is 11.1. The van der Waals surface area contributed by atoms with Crippen molar-refractivity contribution >= 4 is 29.2 Å². The molecule has 0 spiro atoms. The first-order chi connectivity index (χ1) is 17.2. The van der Waals surface area contributed by atoms with Crippen LogP contribution >= 0.6 is 11.6 Å². The molecule has 1 amide bonds. The topological polar surface area (TPSA) is 81.4 Å². The third-order valence-corrected chi connectivity index (χ3v) is 8.66. The third-order valence-electron chi connectivity index (χ3n) is 8.35. The number of aromatic nitrogens is 1. The smallest absolute Gasteiger partial charge is 0.308 e. The van der Waals surface area contributed by atoms with E-state index in [0.29, 0.717) is 41.3 Å². The number of aryl methyl sites for hydroxylation is 1. The molecule has 3 aliphatic carbocycles. The van der Waals surface area contributed by atoms with E-state index < -0.39 is 5.92 Å². The summed E-state index contributed by atoms with van der Waals surface area (Å²) in [6, 6.07) is 5.58. The van der Waals surface area contributed by atoms with Crippen LogP contribution in [0.1, 0.15) is 99.1 Å². The molecule has 5 rings (SSSR count). The molecule has 6 nitrogen and oxygen atoms in total. The van der Waals surface area contributed by atoms with Crippen molar-refractivity contribution < 1.29 is 18.8 Å². The Balaban J connectivity index is 1.41. The van der Waals surface area contributed by atoms with Gasteiger partial charge >= 0.3 is 5.97 Å². The van der Waals surface area contributed by atoms with E-state index in [9.17, 15) is 9.59 Å². The Morgan fingerprint density at radius 2 is 1.92 bits per heavy atom. The monoisotopic (exact) mass is 512 g/mol. The van der Waals surface area contributed by atoms with Crippen molar-refractivity contribution in [3.63, 3.8) is 0 Å². The number of hydrogen-bond donors (Lipinski definition) is 1. The highest BCUT2D eigenvalue weighted by atomic mass is 35.5. The Kier molecular flexibility index (Phi) is 7.17. The molecule has 0 unspecified atom stereocenters. The first kappa shape index (κ1) is 25.3. The maximum Gasteiger partial charge on any atom is 0.308 e. The molecule has 2 aromatic rings. The van der Waals surface area contributed by atoms with E-state index in [-0.39, 0.29) is 23.7 Å². The van der Waals surface area contributed by atoms with Crippen molar-refractivity contribution in [1.29, 1.82) is 0 Å². The molecule has 0 radical (unpaired) electrons. The highest BCUT2D eigenvalue weighted by molar-refractivity contribution is 6.33. The number of nitrogens with one attached hydrogen (secondary N) is 1. The molecule has 3 fully saturated rings. The van der Waals surface area contributed by atoms with Crippen LogP contribution in [-0.4, -0.2) is 24.1 Å². The second-order valence-electron chi connectivity index (χ2n) is 11.7. The van der Waals surface area contributed by atoms with Gasteiger partial charge in [0.1, 0.15) is 5.76 Å². The van der Waals surface area contributed by atoms with E-state index in [0.717, 1.165) is 48.6 Å². The molecule has 1 heterocycles. The number of ether oxygens (including phenoxy) is 1. The molecule has 3 aliphatic rings. The number of nitrogens with zero attached hydrogens (tertiary/aromatic N) is 1. The van der Waals surface area contributed by atoms with Gasteiger partial charge in [-0.15, -0.1) is 0 Å². The number of carbonyl (C=O) groups is 2. The van der Waals surface area contributed by atoms with Gasteiger partial charge in [0.05, 0.1) is 29.4 Å². The maximum absolute atomic E-state index is 13.6. The fourth-order valence-electron chi connectivity index (χ4n) is 6.41. The predicted molar refractivity (Wildman–Crippen MR) is 139 cm³/mol. The number of hydrogen-bond acceptors (Lipinski definition) is 5. The Morgan fingerprint density at radius 1 is 1.17 bits per heavy atom. The number of anilines is 1. The Morgan fingerprint density at radius 3 is 2.56 bits per heavy atom. The minimum absolute atomic E-state index is 0.135. The van der Waals surface area contributed by atoms with Crippen LogP contribution in [0.2, 0.25) is 5.02 Å². The van der Waals surface area contributed by atoms with E-state index in [1.54, 1.807) is 0 Å². The molecule has 0 saturated heterocycles. The van der Waals surface area contributed by atoms with E-state index >= 15 is 0 Å². The van der Waals surface area contributed by atoms with Gasteiger partial charge in [-0.25, -0.2) is 0 Å². The minimum atomic E-state index is -0.406. The predicted octanol–water partition coefficient (Wildman–Crippen LogP) is 6.98. The molecule has 3 saturated carbocycles. The normalized spacial score (nSPS) is 27.7. The molecule has 0 bridgehead atoms. The number of rotatable bonds is 8. The van der Waals surface area contributed by atoms with Crippen molar-refractivity contribution in [3.8, 4) is 0 Å². The molecule has 194 valence electrons. The van der Waals surface area contributed by atoms with Crippen LogP contribution in [0.5, 0.6) is 0 Å². The lowest BCUT2D eigenvalue weighted by Crippen LogP contribution is -2.26. The number of carbonyl (C=O) groups excluding carboxylic acids is 2. The maximum atomic E-state index is 13.6. The van der Waals surface area contributed by atoms with Gasteiger partial charge in [0.15, 0.2) is 0 Å². The van der Waals surface area contributed by atoms with Crippen molar-refractivity contribution in [2.75, 3.05) is 12.4 Å². The van der Waals surface area contributed by atoms with Gasteiger partial charge in [-0.05, 0) is 87.3 Å². The number of amides is 1. The average molecular weight is 513 g/mol. The number of benzene rings is 1. The summed E-state index contributed by atoms with van der Waals surface area (Å²) in [4.78, 5) is 26.1. The zero-order valence-corrected chi connectivity index (χ0v) is 22.4. The zero-order valence-electron chi connectivity index (χ0n) is 21.7. The standard InChI is InChI=1S/C29H37ClN2O4/c1-15(2)9-17-11-19(12-17)27-25(18-6-7-18)26(32-36-27)21-13-20(29(34)35-4)14-22(21)28(33)31-24-8-5-16(3)10-23(24)30/h5,8,10,15,17-22H,6-7,9,11-14H2,1-4H3,(H,31,33)/t17?,19?,20-,21-,22-/m0/s1. The molecular weight excluding hydrogens is 476 g/mol. The Labute approximate surface area is 218 Å². The van der Waals surface area contributed by atoms with Crippen molar-refractivity contribution in [1.82, 2.24) is 5.16 Å². The summed E-state index contributed by atoms with van der Waals surface area (Å²) in [5, 5.41) is 8.12. The SMILES string of the molecule is COC(=O)[C@@H]1C[C@H](C(=O)Nc2ccc(C)cc2Cl)[C@@H](c2noc(C3CC(CC(C)C)C3)c2C2CC2)C1. The number of esters is 1. The second kappa shape index (κ2) is 10.2. The summed E-state index contributed by atoms with van der Waals surface area (Å²) in [5.74, 6) is 2.04. The van der Waals surface area contributed by atoms with Gasteiger partial charge in [-0.3, -0.25) is 9.59 Å². The molecule has 36 heavy (non-hydrogen) atoms. The first-order valence-electron chi connectivity index (χ1n) is 13.4. The van der Waals surface area contributed by atoms with Crippen molar-refractivity contribution in [2.45, 2.75) is 83.5 Å². The molecular formula is C29H37ClN2O4. The van der Waals surface area contributed by atoms with Crippen LogP contribution in [0, 0.1) is 30.6 Å². The van der Waals surface area contributed by atoms with Crippen LogP contribution in [0.25, 0.3) is 0 Å². The number of methoxy groups -OCH3 is 1. The van der Waals surface area contributed by atoms with E-state index in [1.165, 1.54) is 19.1 Å². The average Bonchev–Trinajstić information content (AvgIpc) is 3.40. The Bertz CT molecular complexity index is 1130. The minimum Gasteiger partial charge on any atom is -0.469 e. The summed E-state index contributed by atoms with van der Waals surface area (Å²) in [6.07, 6.45) is 6.79. The van der Waals surface area contributed by atoms with Crippen LogP contribution in [-0.2, 0) is 14.3 Å². The van der Waals surface area contributed by atoms with Crippen LogP contribution in [0.15, 0.2) is 22.7 Å². The lowest BCUT2D eigenvalue weighted by Gasteiger charge is -2.35. The lowest BCUT2D eigenvalue weighted by molar-refractivity contribution is -0.145. The third kappa shape index (κ3) is 5.06. The largest absolute Gasteiger partial charge is 0.469 e. The van der Waals surface area contributed by atoms with E-state index in [2.05, 4.69) is 24.3 Å². The molecule has 0 aliphatic heterocycles. The number of halogens is 1. The van der Waals surface area contributed by atoms with Gasteiger partial charge in [-0.1, -0.05) is 36.7 Å². The quantitative estimate of drug-likeness (QED) is 0.386. The summed E-state index contributed by atoms with van der Waals surface area (Å²) in [5.41, 5.74) is 3.73. The van der Waals surface area contributed by atoms with Crippen molar-refractivity contribution in [2.24, 2.45) is 23.7 Å². The molecule has 1 N–H and O–H groups in total. The van der Waals surface area contributed by atoms with Gasteiger partial charge in [0.25, 0.3) is 0 Å². The van der Waals surface area contributed by atoms with Gasteiger partial charge in [0, 0.05) is 23.3 Å². The highest BCUT2D eigenvalue weighted by Crippen LogP contribution is 2.55. The van der Waals surface area contributed by atoms with Gasteiger partial charge in [-0.2, -0.15) is 0 Å². The molecule has 7 heteroatoms. The fourth-order valence-corrected chi connectivity index (χ4v) is 6.69. The highest BCUT2D eigenvalue weighted by Gasteiger charge is 2.48. The first-order valence-corrected chi connectivity index (χ1v) is 13.8. The molecule has 3 atom stereocenters. The lowest BCUT2D eigenvalue weighted by atomic mass is 9.69. The van der Waals surface area contributed by atoms with Crippen LogP contribution in [0.3, 0.4) is 0 Å². The summed E-state index contributed by atoms with van der Waals surface area (Å²) in [7, 11) is 1.41. The summed E-state index contributed by atoms with van der Waals surface area (Å²) >= 11 is 6.40. The van der Waals surface area contributed by atoms with E-state index in [4.69, 9.17) is 20.9 Å². The molecule has 1 aromatic carbocycles. The summed E-state index contributed by atoms with van der Waals surface area (Å²) in [6.45, 7) is 6.52. The fraction of sp³-hybridized carbons (Fsp3) is 0.621. The Hall–Kier alpha value is -2.34. The van der Waals surface area contributed by atoms with E-state index in [1.807, 2.05) is 25.1 Å². The zero-order chi connectivity index (χ0) is 25.6. The van der Waals surface area contributed by atoms with Crippen LogP contribution < -0.4 is 5.32 Å². The second-order valence-corrected chi connectivity index (χ2v) is 12.1.